The number of carbonyl (C=O) groups excluding carboxylic acids is 1. The number of nitrogens with one attached hydrogen (secondary N) is 2. The Bertz CT molecular complexity index is 885. The van der Waals surface area contributed by atoms with Crippen molar-refractivity contribution in [3.05, 3.63) is 57.8 Å². The molecule has 0 spiro atoms. The Kier molecular flexibility index (Phi) is 5.39. The molecular formula is C15H13Br2N7O. The van der Waals surface area contributed by atoms with Gasteiger partial charge in [0.25, 0.3) is 5.95 Å². The first-order chi connectivity index (χ1) is 12.0. The molecule has 0 bridgehead atoms. The van der Waals surface area contributed by atoms with E-state index in [2.05, 4.69) is 62.5 Å². The quantitative estimate of drug-likeness (QED) is 0.613. The topological polar surface area (TPSA) is 97.6 Å². The van der Waals surface area contributed by atoms with Crippen LogP contribution < -0.4 is 10.6 Å². The zero-order valence-corrected chi connectivity index (χ0v) is 16.2. The average Bonchev–Trinajstić information content (AvgIpc) is 3.09. The molecule has 2 heterocycles. The number of anilines is 1. The van der Waals surface area contributed by atoms with E-state index in [-0.39, 0.29) is 6.03 Å². The summed E-state index contributed by atoms with van der Waals surface area (Å²) in [5, 5.41) is 9.73. The molecule has 0 radical (unpaired) electrons. The van der Waals surface area contributed by atoms with Crippen LogP contribution in [-0.2, 0) is 0 Å². The van der Waals surface area contributed by atoms with Crippen molar-refractivity contribution in [1.29, 1.82) is 0 Å². The molecule has 25 heavy (non-hydrogen) atoms. The molecule has 128 valence electrons. The second-order valence-corrected chi connectivity index (χ2v) is 6.79. The summed E-state index contributed by atoms with van der Waals surface area (Å²) in [5.41, 5.74) is 0.645. The number of aromatic nitrogens is 5. The maximum Gasteiger partial charge on any atom is 0.319 e. The molecular weight excluding hydrogens is 454 g/mol. The molecule has 0 aliphatic carbocycles. The molecule has 2 aromatic heterocycles. The van der Waals surface area contributed by atoms with Crippen LogP contribution in [0.2, 0.25) is 0 Å². The number of halogens is 2. The minimum Gasteiger partial charge on any atom is -0.328 e. The van der Waals surface area contributed by atoms with Crippen molar-refractivity contribution in [2.24, 2.45) is 0 Å². The highest BCUT2D eigenvalue weighted by atomic mass is 79.9. The van der Waals surface area contributed by atoms with Gasteiger partial charge in [0.15, 0.2) is 5.82 Å². The smallest absolute Gasteiger partial charge is 0.319 e. The highest BCUT2D eigenvalue weighted by Crippen LogP contribution is 2.26. The molecule has 0 unspecified atom stereocenters. The van der Waals surface area contributed by atoms with Crippen molar-refractivity contribution in [1.82, 2.24) is 30.0 Å². The van der Waals surface area contributed by atoms with Gasteiger partial charge in [-0.05, 0) is 47.1 Å². The zero-order chi connectivity index (χ0) is 17.8. The second-order valence-electron chi connectivity index (χ2n) is 5.02. The number of amides is 2. The van der Waals surface area contributed by atoms with Gasteiger partial charge in [0.2, 0.25) is 0 Å². The van der Waals surface area contributed by atoms with Gasteiger partial charge in [-0.25, -0.2) is 19.7 Å². The van der Waals surface area contributed by atoms with Crippen molar-refractivity contribution in [2.45, 2.75) is 13.0 Å². The molecule has 10 heteroatoms. The third-order valence-corrected chi connectivity index (χ3v) is 4.41. The summed E-state index contributed by atoms with van der Waals surface area (Å²) in [5.74, 6) is 0.911. The van der Waals surface area contributed by atoms with E-state index in [9.17, 15) is 4.79 Å². The standard InChI is InChI=1S/C15H13Br2N7O/c1-9(13-20-8-21-24(13)14-18-5-2-6-19-14)22-15(25)23-12-7-10(16)3-4-11(12)17/h2-9H,1H3,(H2,22,23,25)/t9-/m0/s1. The second kappa shape index (κ2) is 7.70. The summed E-state index contributed by atoms with van der Waals surface area (Å²) in [6, 6.07) is 6.46. The van der Waals surface area contributed by atoms with E-state index in [0.717, 1.165) is 8.95 Å². The number of hydrogen-bond acceptors (Lipinski definition) is 5. The summed E-state index contributed by atoms with van der Waals surface area (Å²) >= 11 is 6.78. The van der Waals surface area contributed by atoms with Crippen LogP contribution >= 0.6 is 31.9 Å². The molecule has 1 aromatic carbocycles. The lowest BCUT2D eigenvalue weighted by molar-refractivity contribution is 0.248. The predicted molar refractivity (Wildman–Crippen MR) is 99.4 cm³/mol. The molecule has 2 amide bonds. The van der Waals surface area contributed by atoms with E-state index in [0.29, 0.717) is 17.5 Å². The van der Waals surface area contributed by atoms with Crippen LogP contribution in [0.4, 0.5) is 10.5 Å². The fraction of sp³-hybridized carbons (Fsp3) is 0.133. The monoisotopic (exact) mass is 465 g/mol. The molecule has 8 nitrogen and oxygen atoms in total. The van der Waals surface area contributed by atoms with Crippen molar-refractivity contribution < 1.29 is 4.79 Å². The maximum absolute atomic E-state index is 12.3. The SMILES string of the molecule is C[C@H](NC(=O)Nc1cc(Br)ccc1Br)c1ncnn1-c1ncccn1. The van der Waals surface area contributed by atoms with E-state index in [1.807, 2.05) is 12.1 Å². The Morgan fingerprint density at radius 2 is 1.96 bits per heavy atom. The molecule has 0 saturated carbocycles. The van der Waals surface area contributed by atoms with E-state index >= 15 is 0 Å². The normalized spacial score (nSPS) is 11.8. The number of nitrogens with zero attached hydrogens (tertiary/aromatic N) is 5. The first-order valence-corrected chi connectivity index (χ1v) is 8.83. The third kappa shape index (κ3) is 4.20. The van der Waals surface area contributed by atoms with Crippen LogP contribution in [0, 0.1) is 0 Å². The summed E-state index contributed by atoms with van der Waals surface area (Å²) in [7, 11) is 0. The van der Waals surface area contributed by atoms with Crippen molar-refractivity contribution in [2.75, 3.05) is 5.32 Å². The lowest BCUT2D eigenvalue weighted by Crippen LogP contribution is -2.32. The minimum absolute atomic E-state index is 0.366. The maximum atomic E-state index is 12.3. The van der Waals surface area contributed by atoms with Crippen molar-refractivity contribution >= 4 is 43.6 Å². The van der Waals surface area contributed by atoms with Crippen LogP contribution in [0.5, 0.6) is 0 Å². The fourth-order valence-electron chi connectivity index (χ4n) is 2.11. The van der Waals surface area contributed by atoms with E-state index in [1.54, 1.807) is 31.5 Å². The van der Waals surface area contributed by atoms with Gasteiger partial charge in [-0.3, -0.25) is 0 Å². The highest BCUT2D eigenvalue weighted by molar-refractivity contribution is 9.11. The first kappa shape index (κ1) is 17.5. The van der Waals surface area contributed by atoms with Gasteiger partial charge < -0.3 is 10.6 Å². The third-order valence-electron chi connectivity index (χ3n) is 3.23. The Hall–Kier alpha value is -2.33. The molecule has 1 atom stereocenters. The van der Waals surface area contributed by atoms with Gasteiger partial charge >= 0.3 is 6.03 Å². The van der Waals surface area contributed by atoms with Gasteiger partial charge in [0.05, 0.1) is 11.7 Å². The Labute approximate surface area is 160 Å². The van der Waals surface area contributed by atoms with Crippen molar-refractivity contribution in [3.63, 3.8) is 0 Å². The lowest BCUT2D eigenvalue weighted by atomic mass is 10.3. The predicted octanol–water partition coefficient (Wildman–Crippen LogP) is 3.47. The molecule has 0 aliphatic rings. The number of carbonyl (C=O) groups is 1. The zero-order valence-electron chi connectivity index (χ0n) is 13.0. The average molecular weight is 467 g/mol. The Morgan fingerprint density at radius 1 is 1.20 bits per heavy atom. The van der Waals surface area contributed by atoms with Gasteiger partial charge in [0.1, 0.15) is 6.33 Å². The van der Waals surface area contributed by atoms with E-state index < -0.39 is 6.04 Å². The van der Waals surface area contributed by atoms with Crippen LogP contribution in [-0.4, -0.2) is 30.8 Å². The fourth-order valence-corrected chi connectivity index (χ4v) is 2.82. The number of urea groups is 1. The number of benzene rings is 1. The Balaban J connectivity index is 1.73. The van der Waals surface area contributed by atoms with Gasteiger partial charge in [-0.15, -0.1) is 0 Å². The minimum atomic E-state index is -0.405. The van der Waals surface area contributed by atoms with Crippen LogP contribution in [0.15, 0.2) is 51.9 Å². The van der Waals surface area contributed by atoms with Crippen LogP contribution in [0.25, 0.3) is 5.95 Å². The molecule has 3 rings (SSSR count). The van der Waals surface area contributed by atoms with E-state index in [4.69, 9.17) is 0 Å². The van der Waals surface area contributed by atoms with Gasteiger partial charge in [-0.2, -0.15) is 9.78 Å². The van der Waals surface area contributed by atoms with Gasteiger partial charge in [0, 0.05) is 21.3 Å². The van der Waals surface area contributed by atoms with Crippen LogP contribution in [0.3, 0.4) is 0 Å². The van der Waals surface area contributed by atoms with E-state index in [1.165, 1.54) is 11.0 Å². The summed E-state index contributed by atoms with van der Waals surface area (Å²) in [4.78, 5) is 24.8. The lowest BCUT2D eigenvalue weighted by Gasteiger charge is -2.15. The highest BCUT2D eigenvalue weighted by Gasteiger charge is 2.18. The molecule has 0 fully saturated rings. The van der Waals surface area contributed by atoms with Crippen LogP contribution in [0.1, 0.15) is 18.8 Å². The summed E-state index contributed by atoms with van der Waals surface area (Å²) in [6.45, 7) is 1.80. The Morgan fingerprint density at radius 3 is 2.72 bits per heavy atom. The first-order valence-electron chi connectivity index (χ1n) is 7.24. The summed E-state index contributed by atoms with van der Waals surface area (Å²) < 4.78 is 3.12. The molecule has 2 N–H and O–H groups in total. The molecule has 0 aliphatic heterocycles. The molecule has 3 aromatic rings. The number of hydrogen-bond donors (Lipinski definition) is 2. The van der Waals surface area contributed by atoms with Crippen molar-refractivity contribution in [3.8, 4) is 5.95 Å². The summed E-state index contributed by atoms with van der Waals surface area (Å²) in [6.07, 6.45) is 4.62. The number of rotatable bonds is 4. The van der Waals surface area contributed by atoms with Gasteiger partial charge in [-0.1, -0.05) is 15.9 Å². The molecule has 0 saturated heterocycles. The largest absolute Gasteiger partial charge is 0.328 e.